The Bertz CT molecular complexity index is 427. The summed E-state index contributed by atoms with van der Waals surface area (Å²) in [6, 6.07) is 0. The summed E-state index contributed by atoms with van der Waals surface area (Å²) in [5, 5.41) is 0. The van der Waals surface area contributed by atoms with Gasteiger partial charge in [-0.25, -0.2) is 0 Å². The Labute approximate surface area is 107 Å². The van der Waals surface area contributed by atoms with Crippen molar-refractivity contribution in [2.75, 3.05) is 0 Å². The molecule has 0 aromatic rings. The molecule has 4 aliphatic rings. The Kier molecular flexibility index (Phi) is 1.92. The molecule has 0 amide bonds. The van der Waals surface area contributed by atoms with E-state index in [-0.39, 0.29) is 11.8 Å². The molecule has 2 heteroatoms. The van der Waals surface area contributed by atoms with Crippen molar-refractivity contribution in [3.63, 3.8) is 0 Å². The van der Waals surface area contributed by atoms with Gasteiger partial charge in [-0.2, -0.15) is 0 Å². The van der Waals surface area contributed by atoms with Crippen LogP contribution in [0.2, 0.25) is 0 Å². The molecule has 0 bridgehead atoms. The zero-order valence-electron chi connectivity index (χ0n) is 10.7. The topological polar surface area (TPSA) is 34.1 Å². The smallest absolute Gasteiger partial charge is 0.134 e. The molecule has 0 aliphatic heterocycles. The molecule has 0 radical (unpaired) electrons. The third-order valence-electron chi connectivity index (χ3n) is 5.93. The summed E-state index contributed by atoms with van der Waals surface area (Å²) in [6.07, 6.45) is 8.94. The van der Waals surface area contributed by atoms with Crippen LogP contribution in [0.25, 0.3) is 0 Å². The van der Waals surface area contributed by atoms with E-state index in [2.05, 4.69) is 24.3 Å². The molecule has 0 N–H and O–H groups in total. The molecule has 2 saturated carbocycles. The van der Waals surface area contributed by atoms with E-state index >= 15 is 0 Å². The Morgan fingerprint density at radius 2 is 0.944 bits per heavy atom. The normalized spacial score (nSPS) is 54.1. The van der Waals surface area contributed by atoms with Crippen molar-refractivity contribution in [2.45, 2.75) is 13.8 Å². The SMILES string of the molecule is CC(=O)C1[C@H]2C=C[C@H]3C(C(C)=O)[C@H]4C=C[C@@H]1C4C23. The van der Waals surface area contributed by atoms with E-state index in [9.17, 15) is 9.59 Å². The highest BCUT2D eigenvalue weighted by Gasteiger charge is 2.65. The van der Waals surface area contributed by atoms with Crippen molar-refractivity contribution < 1.29 is 9.59 Å². The number of carbonyl (C=O) groups is 2. The van der Waals surface area contributed by atoms with Gasteiger partial charge in [-0.3, -0.25) is 9.59 Å². The first-order valence-electron chi connectivity index (χ1n) is 6.99. The molecule has 4 unspecified atom stereocenters. The van der Waals surface area contributed by atoms with E-state index < -0.39 is 0 Å². The second-order valence-corrected chi connectivity index (χ2v) is 6.51. The molecule has 0 aromatic carbocycles. The number of hydrogen-bond acceptors (Lipinski definition) is 2. The van der Waals surface area contributed by atoms with Gasteiger partial charge in [-0.15, -0.1) is 0 Å². The van der Waals surface area contributed by atoms with E-state index in [1.165, 1.54) is 0 Å². The summed E-state index contributed by atoms with van der Waals surface area (Å²) < 4.78 is 0. The molecule has 2 fully saturated rings. The minimum atomic E-state index is 0.176. The minimum absolute atomic E-state index is 0.176. The number of allylic oxidation sites excluding steroid dienone is 4. The monoisotopic (exact) mass is 242 g/mol. The van der Waals surface area contributed by atoms with Crippen LogP contribution in [0.4, 0.5) is 0 Å². The largest absolute Gasteiger partial charge is 0.300 e. The van der Waals surface area contributed by atoms with Crippen molar-refractivity contribution in [1.29, 1.82) is 0 Å². The van der Waals surface area contributed by atoms with Crippen molar-refractivity contribution >= 4 is 11.6 Å². The lowest BCUT2D eigenvalue weighted by molar-refractivity contribution is -0.122. The fourth-order valence-corrected chi connectivity index (χ4v) is 5.60. The molecular formula is C16H18O2. The summed E-state index contributed by atoms with van der Waals surface area (Å²) in [7, 11) is 0. The summed E-state index contributed by atoms with van der Waals surface area (Å²) in [5.41, 5.74) is 0. The average Bonchev–Trinajstić information content (AvgIpc) is 2.95. The van der Waals surface area contributed by atoms with Crippen LogP contribution in [-0.4, -0.2) is 11.6 Å². The second kappa shape index (κ2) is 3.23. The Morgan fingerprint density at radius 3 is 1.17 bits per heavy atom. The molecule has 0 aromatic heterocycles. The number of carbonyl (C=O) groups excluding carboxylic acids is 2. The molecule has 8 atom stereocenters. The lowest BCUT2D eigenvalue weighted by Crippen LogP contribution is -2.26. The molecule has 4 rings (SSSR count). The standard InChI is InChI=1S/C16H18O2/c1-7(17)13-9-3-5-11-14(8(2)18)12-6-4-10(13)16(12)15(9)11/h3-6,9-16H,1-2H3/t9-,10+,11+,12-,13?,14?,15?,16?. The maximum Gasteiger partial charge on any atom is 0.134 e. The molecule has 0 saturated heterocycles. The molecule has 2 nitrogen and oxygen atoms in total. The van der Waals surface area contributed by atoms with Crippen LogP contribution >= 0.6 is 0 Å². The van der Waals surface area contributed by atoms with Gasteiger partial charge in [0.1, 0.15) is 11.6 Å². The predicted octanol–water partition coefficient (Wildman–Crippen LogP) is 2.26. The Morgan fingerprint density at radius 1 is 0.667 bits per heavy atom. The van der Waals surface area contributed by atoms with Crippen molar-refractivity contribution in [3.8, 4) is 0 Å². The van der Waals surface area contributed by atoms with Gasteiger partial charge < -0.3 is 0 Å². The van der Waals surface area contributed by atoms with Gasteiger partial charge in [0.25, 0.3) is 0 Å². The van der Waals surface area contributed by atoms with Gasteiger partial charge in [0.2, 0.25) is 0 Å². The highest BCUT2D eigenvalue weighted by molar-refractivity contribution is 5.83. The minimum Gasteiger partial charge on any atom is -0.300 e. The lowest BCUT2D eigenvalue weighted by Gasteiger charge is -2.21. The highest BCUT2D eigenvalue weighted by atomic mass is 16.1. The third-order valence-corrected chi connectivity index (χ3v) is 5.93. The number of Topliss-reactive ketones (excluding diaryl/α,β-unsaturated/α-hetero) is 2. The summed E-state index contributed by atoms with van der Waals surface area (Å²) in [6.45, 7) is 3.47. The van der Waals surface area contributed by atoms with Gasteiger partial charge in [0, 0.05) is 11.8 Å². The highest BCUT2D eigenvalue weighted by Crippen LogP contribution is 2.67. The van der Waals surface area contributed by atoms with E-state index in [0.29, 0.717) is 47.1 Å². The number of ketones is 2. The average molecular weight is 242 g/mol. The van der Waals surface area contributed by atoms with Crippen LogP contribution in [0.1, 0.15) is 13.8 Å². The maximum atomic E-state index is 11.9. The summed E-state index contributed by atoms with van der Waals surface area (Å²) in [5.74, 6) is 3.72. The summed E-state index contributed by atoms with van der Waals surface area (Å²) in [4.78, 5) is 23.9. The van der Waals surface area contributed by atoms with Gasteiger partial charge >= 0.3 is 0 Å². The predicted molar refractivity (Wildman–Crippen MR) is 67.6 cm³/mol. The first kappa shape index (κ1) is 10.7. The number of rotatable bonds is 2. The molecular weight excluding hydrogens is 224 g/mol. The van der Waals surface area contributed by atoms with Crippen LogP contribution in [0.5, 0.6) is 0 Å². The van der Waals surface area contributed by atoms with Crippen LogP contribution in [-0.2, 0) is 9.59 Å². The molecule has 0 spiro atoms. The zero-order chi connectivity index (χ0) is 12.6. The molecule has 94 valence electrons. The third kappa shape index (κ3) is 1.01. The molecule has 18 heavy (non-hydrogen) atoms. The van der Waals surface area contributed by atoms with Crippen LogP contribution in [0, 0.1) is 47.3 Å². The first-order valence-corrected chi connectivity index (χ1v) is 6.99. The molecule has 4 aliphatic carbocycles. The first-order chi connectivity index (χ1) is 8.61. The summed E-state index contributed by atoms with van der Waals surface area (Å²) >= 11 is 0. The number of hydrogen-bond donors (Lipinski definition) is 0. The van der Waals surface area contributed by atoms with Gasteiger partial charge in [-0.05, 0) is 49.4 Å². The van der Waals surface area contributed by atoms with Crippen LogP contribution in [0.15, 0.2) is 24.3 Å². The van der Waals surface area contributed by atoms with Crippen LogP contribution < -0.4 is 0 Å². The maximum absolute atomic E-state index is 11.9. The van der Waals surface area contributed by atoms with Gasteiger partial charge in [0.15, 0.2) is 0 Å². The van der Waals surface area contributed by atoms with Crippen molar-refractivity contribution in [3.05, 3.63) is 24.3 Å². The Hall–Kier alpha value is -1.18. The fourth-order valence-electron chi connectivity index (χ4n) is 5.60. The quantitative estimate of drug-likeness (QED) is 0.696. The van der Waals surface area contributed by atoms with Crippen LogP contribution in [0.3, 0.4) is 0 Å². The zero-order valence-corrected chi connectivity index (χ0v) is 10.7. The second-order valence-electron chi connectivity index (χ2n) is 6.51. The van der Waals surface area contributed by atoms with Crippen molar-refractivity contribution in [2.24, 2.45) is 47.3 Å². The Balaban J connectivity index is 1.82. The fraction of sp³-hybridized carbons (Fsp3) is 0.625. The van der Waals surface area contributed by atoms with E-state index in [4.69, 9.17) is 0 Å². The lowest BCUT2D eigenvalue weighted by atomic mass is 9.80. The molecule has 0 heterocycles. The van der Waals surface area contributed by atoms with Gasteiger partial charge in [-0.1, -0.05) is 24.3 Å². The van der Waals surface area contributed by atoms with E-state index in [1.807, 2.05) is 0 Å². The van der Waals surface area contributed by atoms with E-state index in [1.54, 1.807) is 13.8 Å². The van der Waals surface area contributed by atoms with E-state index in [0.717, 1.165) is 0 Å². The van der Waals surface area contributed by atoms with Crippen molar-refractivity contribution in [1.82, 2.24) is 0 Å². The van der Waals surface area contributed by atoms with Gasteiger partial charge in [0.05, 0.1) is 0 Å².